The molecule has 26 heavy (non-hydrogen) atoms. The molecule has 0 radical (unpaired) electrons. The fourth-order valence-electron chi connectivity index (χ4n) is 3.37. The lowest BCUT2D eigenvalue weighted by Gasteiger charge is -2.29. The fraction of sp³-hybridized carbons (Fsp3) is 0.250. The van der Waals surface area contributed by atoms with Crippen LogP contribution in [-0.4, -0.2) is 0 Å². The van der Waals surface area contributed by atoms with Crippen molar-refractivity contribution in [3.63, 3.8) is 0 Å². The quantitative estimate of drug-likeness (QED) is 0.286. The Kier molecular flexibility index (Phi) is 5.83. The van der Waals surface area contributed by atoms with Gasteiger partial charge < -0.3 is 0 Å². The first-order chi connectivity index (χ1) is 12.2. The monoisotopic (exact) mass is 566 g/mol. The Morgan fingerprint density at radius 3 is 0.846 bits per heavy atom. The van der Waals surface area contributed by atoms with Crippen LogP contribution < -0.4 is 0 Å². The van der Waals surface area contributed by atoms with Crippen molar-refractivity contribution < 1.29 is 0 Å². The lowest BCUT2D eigenvalue weighted by atomic mass is 9.75. The first-order valence-corrected chi connectivity index (χ1v) is 11.0. The first-order valence-electron chi connectivity index (χ1n) is 8.84. The average Bonchev–Trinajstić information content (AvgIpc) is 2.62. The van der Waals surface area contributed by atoms with E-state index in [4.69, 9.17) is 0 Å². The summed E-state index contributed by atoms with van der Waals surface area (Å²) in [5, 5.41) is 0. The maximum Gasteiger partial charge on any atom is 0.0146 e. The highest BCUT2D eigenvalue weighted by molar-refractivity contribution is 14.1. The van der Waals surface area contributed by atoms with E-state index in [0.717, 1.165) is 0 Å². The zero-order valence-corrected chi connectivity index (χ0v) is 20.0. The second-order valence-electron chi connectivity index (χ2n) is 7.84. The molecule has 0 amide bonds. The highest BCUT2D eigenvalue weighted by atomic mass is 127. The van der Waals surface area contributed by atoms with Crippen LogP contribution >= 0.6 is 45.2 Å². The molecule has 0 heterocycles. The van der Waals surface area contributed by atoms with Crippen LogP contribution in [0.25, 0.3) is 0 Å². The lowest BCUT2D eigenvalue weighted by Crippen LogP contribution is -2.21. The summed E-state index contributed by atoms with van der Waals surface area (Å²) in [4.78, 5) is 0. The molecular formula is C24H24I2. The summed E-state index contributed by atoms with van der Waals surface area (Å²) in [5.74, 6) is 0. The molecule has 0 bridgehead atoms. The Labute approximate surface area is 184 Å². The molecule has 0 N–H and O–H groups in total. The van der Waals surface area contributed by atoms with Crippen molar-refractivity contribution in [1.29, 1.82) is 0 Å². The van der Waals surface area contributed by atoms with Crippen molar-refractivity contribution in [2.45, 2.75) is 38.5 Å². The van der Waals surface area contributed by atoms with Gasteiger partial charge in [-0.15, -0.1) is 0 Å². The molecule has 0 unspecified atom stereocenters. The molecule has 0 atom stereocenters. The average molecular weight is 566 g/mol. The Balaban J connectivity index is 1.92. The van der Waals surface area contributed by atoms with E-state index in [1.165, 1.54) is 29.4 Å². The van der Waals surface area contributed by atoms with Crippen molar-refractivity contribution in [1.82, 2.24) is 0 Å². The minimum atomic E-state index is -0.00410. The molecule has 3 aromatic rings. The highest BCUT2D eigenvalue weighted by Gasteiger charge is 2.26. The third-order valence-electron chi connectivity index (χ3n) is 5.46. The topological polar surface area (TPSA) is 0 Å². The third-order valence-corrected chi connectivity index (χ3v) is 6.90. The van der Waals surface area contributed by atoms with E-state index in [1.807, 2.05) is 0 Å². The van der Waals surface area contributed by atoms with E-state index < -0.39 is 0 Å². The molecule has 0 nitrogen and oxygen atoms in total. The smallest absolute Gasteiger partial charge is 0.0146 e. The molecule has 0 saturated carbocycles. The van der Waals surface area contributed by atoms with Gasteiger partial charge in [0.25, 0.3) is 0 Å². The van der Waals surface area contributed by atoms with Crippen LogP contribution in [0.15, 0.2) is 72.8 Å². The number of benzene rings is 3. The van der Waals surface area contributed by atoms with E-state index in [0.29, 0.717) is 0 Å². The van der Waals surface area contributed by atoms with Gasteiger partial charge in [0, 0.05) is 18.0 Å². The van der Waals surface area contributed by atoms with Gasteiger partial charge in [-0.1, -0.05) is 76.2 Å². The van der Waals surface area contributed by atoms with Crippen LogP contribution in [0, 0.1) is 7.14 Å². The molecule has 3 aromatic carbocycles. The third kappa shape index (κ3) is 4.01. The Bertz CT molecular complexity index is 795. The van der Waals surface area contributed by atoms with Crippen molar-refractivity contribution >= 4 is 45.2 Å². The summed E-state index contributed by atoms with van der Waals surface area (Å²) in [6.07, 6.45) is 0. The number of hydrogen-bond donors (Lipinski definition) is 0. The summed E-state index contributed by atoms with van der Waals surface area (Å²) >= 11 is 4.72. The summed E-state index contributed by atoms with van der Waals surface area (Å²) in [7, 11) is 0. The summed E-state index contributed by atoms with van der Waals surface area (Å²) in [6.45, 7) is 9.20. The zero-order valence-electron chi connectivity index (χ0n) is 15.7. The van der Waals surface area contributed by atoms with Gasteiger partial charge in [0.2, 0.25) is 0 Å². The molecule has 0 saturated heterocycles. The second-order valence-corrected chi connectivity index (χ2v) is 10.3. The summed E-state index contributed by atoms with van der Waals surface area (Å²) < 4.78 is 2.55. The maximum absolute atomic E-state index is 2.36. The number of hydrogen-bond acceptors (Lipinski definition) is 0. The molecular weight excluding hydrogens is 542 g/mol. The van der Waals surface area contributed by atoms with Gasteiger partial charge in [-0.2, -0.15) is 0 Å². The van der Waals surface area contributed by atoms with Crippen LogP contribution in [-0.2, 0) is 10.8 Å². The van der Waals surface area contributed by atoms with Gasteiger partial charge in [-0.05, 0) is 91.7 Å². The van der Waals surface area contributed by atoms with Crippen molar-refractivity contribution in [3.8, 4) is 0 Å². The van der Waals surface area contributed by atoms with E-state index in [1.54, 1.807) is 0 Å². The van der Waals surface area contributed by atoms with Crippen LogP contribution in [0.2, 0.25) is 0 Å². The van der Waals surface area contributed by atoms with Gasteiger partial charge in [0.1, 0.15) is 0 Å². The molecule has 134 valence electrons. The van der Waals surface area contributed by atoms with Crippen LogP contribution in [0.4, 0.5) is 0 Å². The molecule has 0 aliphatic rings. The maximum atomic E-state index is 2.36. The fourth-order valence-corrected chi connectivity index (χ4v) is 4.09. The number of halogens is 2. The van der Waals surface area contributed by atoms with Gasteiger partial charge in [0.15, 0.2) is 0 Å². The summed E-state index contributed by atoms with van der Waals surface area (Å²) in [5.41, 5.74) is 5.39. The van der Waals surface area contributed by atoms with Gasteiger partial charge in [0.05, 0.1) is 0 Å². The highest BCUT2D eigenvalue weighted by Crippen LogP contribution is 2.35. The van der Waals surface area contributed by atoms with Crippen LogP contribution in [0.1, 0.15) is 49.9 Å². The number of rotatable bonds is 4. The first kappa shape index (κ1) is 19.9. The van der Waals surface area contributed by atoms with Crippen molar-refractivity contribution in [3.05, 3.63) is 102 Å². The summed E-state index contributed by atoms with van der Waals surface area (Å²) in [6, 6.07) is 26.9. The molecule has 3 rings (SSSR count). The predicted octanol–water partition coefficient (Wildman–Crippen LogP) is 7.55. The van der Waals surface area contributed by atoms with Gasteiger partial charge in [-0.25, -0.2) is 0 Å². The predicted molar refractivity (Wildman–Crippen MR) is 129 cm³/mol. The normalized spacial score (nSPS) is 12.2. The van der Waals surface area contributed by atoms with Crippen molar-refractivity contribution in [2.75, 3.05) is 0 Å². The Morgan fingerprint density at radius 1 is 0.423 bits per heavy atom. The molecule has 0 aliphatic carbocycles. The SMILES string of the molecule is CC(C)(c1ccc(I)cc1)c1ccc(C(C)(C)c2ccc(I)cc2)cc1. The van der Waals surface area contributed by atoms with E-state index >= 15 is 0 Å². The molecule has 0 aromatic heterocycles. The molecule has 0 spiro atoms. The Hall–Kier alpha value is -0.880. The molecule has 2 heteroatoms. The van der Waals surface area contributed by atoms with E-state index in [9.17, 15) is 0 Å². The van der Waals surface area contributed by atoms with E-state index in [-0.39, 0.29) is 10.8 Å². The van der Waals surface area contributed by atoms with Crippen LogP contribution in [0.3, 0.4) is 0 Å². The zero-order chi connectivity index (χ0) is 18.9. The minimum absolute atomic E-state index is 0.00410. The standard InChI is InChI=1S/C24H24I2/c1-23(2,19-9-13-21(25)14-10-19)17-5-7-18(8-6-17)24(3,4)20-11-15-22(26)16-12-20/h5-16H,1-4H3. The lowest BCUT2D eigenvalue weighted by molar-refractivity contribution is 0.626. The van der Waals surface area contributed by atoms with Gasteiger partial charge in [-0.3, -0.25) is 0 Å². The second kappa shape index (κ2) is 7.63. The van der Waals surface area contributed by atoms with Crippen molar-refractivity contribution in [2.24, 2.45) is 0 Å². The van der Waals surface area contributed by atoms with E-state index in [2.05, 4.69) is 146 Å². The Morgan fingerprint density at radius 2 is 0.615 bits per heavy atom. The van der Waals surface area contributed by atoms with Crippen LogP contribution in [0.5, 0.6) is 0 Å². The molecule has 0 aliphatic heterocycles. The largest absolute Gasteiger partial charge is 0.0579 e. The van der Waals surface area contributed by atoms with Gasteiger partial charge >= 0.3 is 0 Å². The molecule has 0 fully saturated rings. The minimum Gasteiger partial charge on any atom is -0.0579 e.